The quantitative estimate of drug-likeness (QED) is 0.504. The summed E-state index contributed by atoms with van der Waals surface area (Å²) in [5, 5.41) is 0. The molecule has 3 aliphatic rings. The second-order valence-electron chi connectivity index (χ2n) is 10.6. The van der Waals surface area contributed by atoms with E-state index in [0.717, 1.165) is 37.7 Å². The van der Waals surface area contributed by atoms with Crippen molar-refractivity contribution in [2.45, 2.75) is 51.4 Å². The van der Waals surface area contributed by atoms with Crippen molar-refractivity contribution in [2.75, 3.05) is 24.2 Å². The molecule has 36 heavy (non-hydrogen) atoms. The van der Waals surface area contributed by atoms with Gasteiger partial charge in [-0.25, -0.2) is 12.8 Å². The van der Waals surface area contributed by atoms with Gasteiger partial charge in [-0.15, -0.1) is 0 Å². The zero-order valence-electron chi connectivity index (χ0n) is 21.0. The summed E-state index contributed by atoms with van der Waals surface area (Å²) in [7, 11) is -0.835. The molecule has 0 saturated heterocycles. The molecule has 1 fully saturated rings. The molecule has 6 nitrogen and oxygen atoms in total. The van der Waals surface area contributed by atoms with Gasteiger partial charge in [-0.1, -0.05) is 19.1 Å². The van der Waals surface area contributed by atoms with Crippen LogP contribution in [0.5, 0.6) is 0 Å². The van der Waals surface area contributed by atoms with Crippen LogP contribution in [-0.4, -0.2) is 39.3 Å². The highest BCUT2D eigenvalue weighted by molar-refractivity contribution is 7.92. The van der Waals surface area contributed by atoms with Crippen LogP contribution in [0, 0.1) is 23.1 Å². The molecule has 1 aromatic carbocycles. The van der Waals surface area contributed by atoms with E-state index in [1.54, 1.807) is 19.3 Å². The normalized spacial score (nSPS) is 26.9. The van der Waals surface area contributed by atoms with E-state index >= 15 is 0 Å². The number of hydrogen-bond donors (Lipinski definition) is 0. The van der Waals surface area contributed by atoms with Crippen LogP contribution in [-0.2, 0) is 26.0 Å². The summed E-state index contributed by atoms with van der Waals surface area (Å²) >= 11 is 0. The Labute approximate surface area is 212 Å². The van der Waals surface area contributed by atoms with Crippen LogP contribution in [0.2, 0.25) is 0 Å². The smallest absolute Gasteiger partial charge is 0.306 e. The summed E-state index contributed by atoms with van der Waals surface area (Å²) < 4.78 is 45.3. The molecular formula is C28H33FN2O4S. The molecule has 4 atom stereocenters. The van der Waals surface area contributed by atoms with Crippen LogP contribution in [0.3, 0.4) is 0 Å². The highest BCUT2D eigenvalue weighted by atomic mass is 32.2. The fourth-order valence-electron chi connectivity index (χ4n) is 6.95. The zero-order chi connectivity index (χ0) is 25.7. The average Bonchev–Trinajstić information content (AvgIpc) is 3.23. The van der Waals surface area contributed by atoms with Crippen LogP contribution in [0.25, 0.3) is 5.57 Å². The Morgan fingerprint density at radius 2 is 2.06 bits per heavy atom. The number of aromatic nitrogens is 1. The van der Waals surface area contributed by atoms with Gasteiger partial charge in [0, 0.05) is 13.2 Å². The predicted octanol–water partition coefficient (Wildman–Crippen LogP) is 5.10. The predicted molar refractivity (Wildman–Crippen MR) is 137 cm³/mol. The Morgan fingerprint density at radius 3 is 2.81 bits per heavy atom. The van der Waals surface area contributed by atoms with E-state index < -0.39 is 16.0 Å². The van der Waals surface area contributed by atoms with E-state index in [-0.39, 0.29) is 23.4 Å². The Balaban J connectivity index is 1.36. The van der Waals surface area contributed by atoms with Gasteiger partial charge in [-0.05, 0) is 95.7 Å². The second-order valence-corrected chi connectivity index (χ2v) is 12.7. The third-order valence-electron chi connectivity index (χ3n) is 8.88. The van der Waals surface area contributed by atoms with Gasteiger partial charge in [-0.3, -0.25) is 14.1 Å². The average molecular weight is 513 g/mol. The molecule has 0 aliphatic heterocycles. The number of esters is 1. The lowest BCUT2D eigenvalue weighted by Gasteiger charge is -2.50. The van der Waals surface area contributed by atoms with E-state index in [4.69, 9.17) is 0 Å². The fourth-order valence-corrected chi connectivity index (χ4v) is 8.08. The lowest BCUT2D eigenvalue weighted by atomic mass is 9.54. The van der Waals surface area contributed by atoms with Gasteiger partial charge < -0.3 is 4.74 Å². The SMILES string of the molecule is COC(=O)CCS(=O)(=O)N(C)c1ccc2c(c1)CCC1C2CC[C@]2(C)C(c3cncc(F)c3)=CCC12. The molecule has 8 heteroatoms. The van der Waals surface area contributed by atoms with E-state index in [1.807, 2.05) is 12.1 Å². The number of hydrogen-bond acceptors (Lipinski definition) is 5. The van der Waals surface area contributed by atoms with E-state index in [0.29, 0.717) is 23.4 Å². The maximum atomic E-state index is 13.9. The number of halogens is 1. The first kappa shape index (κ1) is 24.9. The number of carbonyl (C=O) groups excluding carboxylic acids is 1. The van der Waals surface area contributed by atoms with Crippen LogP contribution in [0.15, 0.2) is 42.7 Å². The number of methoxy groups -OCH3 is 1. The van der Waals surface area contributed by atoms with E-state index in [2.05, 4.69) is 28.8 Å². The van der Waals surface area contributed by atoms with Crippen molar-refractivity contribution in [1.29, 1.82) is 0 Å². The van der Waals surface area contributed by atoms with Crippen LogP contribution >= 0.6 is 0 Å². The van der Waals surface area contributed by atoms with Gasteiger partial charge in [0.2, 0.25) is 10.0 Å². The summed E-state index contributed by atoms with van der Waals surface area (Å²) in [5.74, 6) is 0.372. The molecule has 5 rings (SSSR count). The number of fused-ring (bicyclic) bond motifs is 5. The molecule has 2 aromatic rings. The van der Waals surface area contributed by atoms with Crippen LogP contribution in [0.1, 0.15) is 61.6 Å². The first-order chi connectivity index (χ1) is 17.1. The third-order valence-corrected chi connectivity index (χ3v) is 10.6. The number of aryl methyl sites for hydroxylation is 1. The molecule has 0 bridgehead atoms. The third kappa shape index (κ3) is 4.23. The second kappa shape index (κ2) is 9.29. The fraction of sp³-hybridized carbons (Fsp3) is 0.500. The maximum Gasteiger partial charge on any atom is 0.306 e. The van der Waals surface area contributed by atoms with E-state index in [9.17, 15) is 17.6 Å². The number of allylic oxidation sites excluding steroid dienone is 2. The van der Waals surface area contributed by atoms with Gasteiger partial charge >= 0.3 is 5.97 Å². The first-order valence-electron chi connectivity index (χ1n) is 12.6. The number of ether oxygens (including phenoxy) is 1. The Morgan fingerprint density at radius 1 is 1.25 bits per heavy atom. The number of pyridine rings is 1. The molecule has 1 heterocycles. The molecule has 1 saturated carbocycles. The molecule has 0 N–H and O–H groups in total. The number of rotatable bonds is 6. The minimum absolute atomic E-state index is 0.0159. The first-order valence-corrected chi connectivity index (χ1v) is 14.2. The topological polar surface area (TPSA) is 76.6 Å². The summed E-state index contributed by atoms with van der Waals surface area (Å²) in [6.07, 6.45) is 10.2. The number of sulfonamides is 1. The van der Waals surface area contributed by atoms with Crippen molar-refractivity contribution in [2.24, 2.45) is 17.3 Å². The van der Waals surface area contributed by atoms with Gasteiger partial charge in [0.15, 0.2) is 0 Å². The molecule has 3 unspecified atom stereocenters. The highest BCUT2D eigenvalue weighted by Crippen LogP contribution is 2.63. The number of benzene rings is 1. The Kier molecular flexibility index (Phi) is 6.43. The van der Waals surface area contributed by atoms with E-state index in [1.165, 1.54) is 34.3 Å². The molecule has 0 spiro atoms. The monoisotopic (exact) mass is 512 g/mol. The maximum absolute atomic E-state index is 13.9. The standard InChI is InChI=1S/C28H33FN2O4S/c1-28-12-10-23-22-7-5-21(31(2)36(33,34)13-11-27(32)35-3)15-18(22)4-6-24(23)26(28)9-8-25(28)19-14-20(29)17-30-16-19/h5,7-8,14-17,23-24,26H,4,6,9-13H2,1-3H3/t23?,24?,26?,28-/m1/s1. The van der Waals surface area contributed by atoms with Crippen molar-refractivity contribution in [3.05, 3.63) is 65.2 Å². The van der Waals surface area contributed by atoms with Gasteiger partial charge in [0.25, 0.3) is 0 Å². The zero-order valence-corrected chi connectivity index (χ0v) is 21.9. The van der Waals surface area contributed by atoms with Gasteiger partial charge in [-0.2, -0.15) is 0 Å². The summed E-state index contributed by atoms with van der Waals surface area (Å²) in [5.41, 5.74) is 5.32. The number of carbonyl (C=O) groups is 1. The van der Waals surface area contributed by atoms with Crippen molar-refractivity contribution < 1.29 is 22.3 Å². The molecule has 0 radical (unpaired) electrons. The van der Waals surface area contributed by atoms with Gasteiger partial charge in [0.05, 0.1) is 31.2 Å². The minimum atomic E-state index is -3.63. The summed E-state index contributed by atoms with van der Waals surface area (Å²) in [6, 6.07) is 7.61. The van der Waals surface area contributed by atoms with Crippen LogP contribution < -0.4 is 4.31 Å². The minimum Gasteiger partial charge on any atom is -0.469 e. The van der Waals surface area contributed by atoms with Crippen molar-refractivity contribution in [3.8, 4) is 0 Å². The summed E-state index contributed by atoms with van der Waals surface area (Å²) in [4.78, 5) is 15.5. The molecule has 3 aliphatic carbocycles. The van der Waals surface area contributed by atoms with Crippen molar-refractivity contribution >= 4 is 27.3 Å². The lowest BCUT2D eigenvalue weighted by molar-refractivity contribution is -0.140. The van der Waals surface area contributed by atoms with Crippen molar-refractivity contribution in [1.82, 2.24) is 4.98 Å². The molecule has 0 amide bonds. The number of nitrogens with zero attached hydrogens (tertiary/aromatic N) is 2. The van der Waals surface area contributed by atoms with Crippen molar-refractivity contribution in [3.63, 3.8) is 0 Å². The number of anilines is 1. The largest absolute Gasteiger partial charge is 0.469 e. The Bertz CT molecular complexity index is 1320. The Hall–Kier alpha value is -2.74. The lowest BCUT2D eigenvalue weighted by Crippen LogP contribution is -2.41. The molecule has 192 valence electrons. The van der Waals surface area contributed by atoms with Gasteiger partial charge in [0.1, 0.15) is 5.82 Å². The molecular weight excluding hydrogens is 479 g/mol. The highest BCUT2D eigenvalue weighted by Gasteiger charge is 2.52. The van der Waals surface area contributed by atoms with Crippen LogP contribution in [0.4, 0.5) is 10.1 Å². The summed E-state index contributed by atoms with van der Waals surface area (Å²) in [6.45, 7) is 2.34. The molecule has 1 aromatic heterocycles.